The molecule has 7 heteroatoms. The molecule has 1 heterocycles. The van der Waals surface area contributed by atoms with Gasteiger partial charge in [0.15, 0.2) is 0 Å². The minimum Gasteiger partial charge on any atom is -0.338 e. The molecule has 28 heavy (non-hydrogen) atoms. The fourth-order valence-electron chi connectivity index (χ4n) is 3.35. The van der Waals surface area contributed by atoms with E-state index in [0.717, 1.165) is 5.56 Å². The van der Waals surface area contributed by atoms with Crippen molar-refractivity contribution < 1.29 is 14.0 Å². The van der Waals surface area contributed by atoms with E-state index in [2.05, 4.69) is 15.5 Å². The van der Waals surface area contributed by atoms with Crippen LogP contribution in [0.1, 0.15) is 18.5 Å². The number of hydrogen-bond donors (Lipinski definition) is 2. The molecule has 0 radical (unpaired) electrons. The molecule has 6 nitrogen and oxygen atoms in total. The van der Waals surface area contributed by atoms with Gasteiger partial charge in [-0.3, -0.25) is 9.69 Å². The van der Waals surface area contributed by atoms with Crippen LogP contribution in [0.3, 0.4) is 0 Å². The Labute approximate surface area is 164 Å². The van der Waals surface area contributed by atoms with Crippen molar-refractivity contribution >= 4 is 17.6 Å². The van der Waals surface area contributed by atoms with Gasteiger partial charge in [-0.05, 0) is 36.8 Å². The van der Waals surface area contributed by atoms with Gasteiger partial charge >= 0.3 is 6.03 Å². The molecule has 1 saturated heterocycles. The SMILES string of the molecule is CCNC(=O)N1CCN([C@H](C(=O)Nc2ccc(F)cc2)c2ccccc2)CC1. The topological polar surface area (TPSA) is 64.7 Å². The summed E-state index contributed by atoms with van der Waals surface area (Å²) in [6.45, 7) is 4.77. The highest BCUT2D eigenvalue weighted by Crippen LogP contribution is 2.24. The summed E-state index contributed by atoms with van der Waals surface area (Å²) in [5.74, 6) is -0.525. The predicted molar refractivity (Wildman–Crippen MR) is 106 cm³/mol. The number of amides is 3. The fraction of sp³-hybridized carbons (Fsp3) is 0.333. The summed E-state index contributed by atoms with van der Waals surface area (Å²) in [5, 5.41) is 5.69. The number of carbonyl (C=O) groups is 2. The van der Waals surface area contributed by atoms with E-state index in [-0.39, 0.29) is 17.8 Å². The molecular formula is C21H25FN4O2. The van der Waals surface area contributed by atoms with E-state index in [1.165, 1.54) is 12.1 Å². The van der Waals surface area contributed by atoms with Gasteiger partial charge in [-0.25, -0.2) is 9.18 Å². The van der Waals surface area contributed by atoms with Crippen LogP contribution in [-0.4, -0.2) is 54.5 Å². The van der Waals surface area contributed by atoms with Crippen LogP contribution in [0.25, 0.3) is 0 Å². The highest BCUT2D eigenvalue weighted by molar-refractivity contribution is 5.95. The first-order valence-electron chi connectivity index (χ1n) is 9.46. The lowest BCUT2D eigenvalue weighted by Crippen LogP contribution is -2.53. The molecule has 2 aromatic rings. The van der Waals surface area contributed by atoms with Gasteiger partial charge in [0.2, 0.25) is 5.91 Å². The Bertz CT molecular complexity index is 790. The second-order valence-corrected chi connectivity index (χ2v) is 6.67. The lowest BCUT2D eigenvalue weighted by atomic mass is 10.0. The highest BCUT2D eigenvalue weighted by atomic mass is 19.1. The number of carbonyl (C=O) groups excluding carboxylic acids is 2. The van der Waals surface area contributed by atoms with Gasteiger partial charge in [0.25, 0.3) is 0 Å². The highest BCUT2D eigenvalue weighted by Gasteiger charge is 2.31. The Morgan fingerprint density at radius 2 is 1.64 bits per heavy atom. The van der Waals surface area contributed by atoms with Crippen molar-refractivity contribution in [1.29, 1.82) is 0 Å². The quantitative estimate of drug-likeness (QED) is 0.833. The number of anilines is 1. The first kappa shape index (κ1) is 19.8. The standard InChI is InChI=1S/C21H25FN4O2/c1-2-23-21(28)26-14-12-25(13-15-26)19(16-6-4-3-5-7-16)20(27)24-18-10-8-17(22)9-11-18/h3-11,19H,2,12-15H2,1H3,(H,23,28)(H,24,27)/t19-/m0/s1. The maximum absolute atomic E-state index is 13.1. The molecule has 0 saturated carbocycles. The minimum absolute atomic E-state index is 0.0748. The van der Waals surface area contributed by atoms with E-state index in [9.17, 15) is 14.0 Å². The van der Waals surface area contributed by atoms with Crippen molar-refractivity contribution in [2.24, 2.45) is 0 Å². The lowest BCUT2D eigenvalue weighted by molar-refractivity contribution is -0.122. The van der Waals surface area contributed by atoms with E-state index in [1.807, 2.05) is 37.3 Å². The first-order valence-corrected chi connectivity index (χ1v) is 9.46. The van der Waals surface area contributed by atoms with Crippen LogP contribution in [0.5, 0.6) is 0 Å². The van der Waals surface area contributed by atoms with Gasteiger partial charge in [-0.1, -0.05) is 30.3 Å². The maximum atomic E-state index is 13.1. The number of rotatable bonds is 5. The number of nitrogens with zero attached hydrogens (tertiary/aromatic N) is 2. The number of benzene rings is 2. The number of halogens is 1. The van der Waals surface area contributed by atoms with Crippen LogP contribution >= 0.6 is 0 Å². The summed E-state index contributed by atoms with van der Waals surface area (Å²) in [6.07, 6.45) is 0. The Kier molecular flexibility index (Phi) is 6.60. The number of piperazine rings is 1. The minimum atomic E-state index is -0.484. The number of hydrogen-bond acceptors (Lipinski definition) is 3. The van der Waals surface area contributed by atoms with Crippen LogP contribution in [0.2, 0.25) is 0 Å². The zero-order valence-electron chi connectivity index (χ0n) is 15.9. The third-order valence-electron chi connectivity index (χ3n) is 4.77. The smallest absolute Gasteiger partial charge is 0.317 e. The molecule has 0 unspecified atom stereocenters. The van der Waals surface area contributed by atoms with Crippen LogP contribution in [0.4, 0.5) is 14.9 Å². The normalized spacial score (nSPS) is 15.7. The van der Waals surface area contributed by atoms with E-state index in [4.69, 9.17) is 0 Å². The number of urea groups is 1. The van der Waals surface area contributed by atoms with Gasteiger partial charge in [0, 0.05) is 38.4 Å². The molecule has 148 valence electrons. The second kappa shape index (κ2) is 9.32. The first-order chi connectivity index (χ1) is 13.6. The van der Waals surface area contributed by atoms with Crippen LogP contribution in [0.15, 0.2) is 54.6 Å². The van der Waals surface area contributed by atoms with Crippen molar-refractivity contribution in [2.75, 3.05) is 38.0 Å². The molecule has 3 amide bonds. The molecule has 1 fully saturated rings. The molecule has 1 atom stereocenters. The summed E-state index contributed by atoms with van der Waals surface area (Å²) in [6, 6.07) is 14.7. The predicted octanol–water partition coefficient (Wildman–Crippen LogP) is 2.85. The monoisotopic (exact) mass is 384 g/mol. The molecule has 3 rings (SSSR count). The van der Waals surface area contributed by atoms with Crippen LogP contribution < -0.4 is 10.6 Å². The fourth-order valence-corrected chi connectivity index (χ4v) is 3.35. The third kappa shape index (κ3) is 4.86. The average Bonchev–Trinajstić information content (AvgIpc) is 2.71. The Morgan fingerprint density at radius 3 is 2.25 bits per heavy atom. The summed E-state index contributed by atoms with van der Waals surface area (Å²) < 4.78 is 13.1. The largest absolute Gasteiger partial charge is 0.338 e. The van der Waals surface area contributed by atoms with Crippen molar-refractivity contribution in [3.8, 4) is 0 Å². The summed E-state index contributed by atoms with van der Waals surface area (Å²) in [5.41, 5.74) is 1.43. The molecule has 0 aromatic heterocycles. The lowest BCUT2D eigenvalue weighted by Gasteiger charge is -2.38. The van der Waals surface area contributed by atoms with Crippen molar-refractivity contribution in [2.45, 2.75) is 13.0 Å². The molecule has 2 aromatic carbocycles. The van der Waals surface area contributed by atoms with Crippen LogP contribution in [-0.2, 0) is 4.79 Å². The van der Waals surface area contributed by atoms with Crippen molar-refractivity contribution in [3.63, 3.8) is 0 Å². The number of nitrogens with one attached hydrogen (secondary N) is 2. The Morgan fingerprint density at radius 1 is 1.00 bits per heavy atom. The van der Waals surface area contributed by atoms with Crippen molar-refractivity contribution in [1.82, 2.24) is 15.1 Å². The zero-order chi connectivity index (χ0) is 19.9. The van der Waals surface area contributed by atoms with E-state index in [1.54, 1.807) is 17.0 Å². The molecular weight excluding hydrogens is 359 g/mol. The molecule has 0 spiro atoms. The summed E-state index contributed by atoms with van der Waals surface area (Å²) >= 11 is 0. The van der Waals surface area contributed by atoms with Gasteiger partial charge in [0.1, 0.15) is 11.9 Å². The Hall–Kier alpha value is -2.93. The molecule has 0 bridgehead atoms. The Balaban J connectivity index is 1.74. The second-order valence-electron chi connectivity index (χ2n) is 6.67. The van der Waals surface area contributed by atoms with E-state index < -0.39 is 6.04 Å². The van der Waals surface area contributed by atoms with Gasteiger partial charge < -0.3 is 15.5 Å². The van der Waals surface area contributed by atoms with Crippen LogP contribution in [0, 0.1) is 5.82 Å². The molecule has 1 aliphatic heterocycles. The third-order valence-corrected chi connectivity index (χ3v) is 4.77. The summed E-state index contributed by atoms with van der Waals surface area (Å²) in [4.78, 5) is 28.9. The van der Waals surface area contributed by atoms with Gasteiger partial charge in [-0.15, -0.1) is 0 Å². The van der Waals surface area contributed by atoms with E-state index in [0.29, 0.717) is 38.4 Å². The van der Waals surface area contributed by atoms with E-state index >= 15 is 0 Å². The van der Waals surface area contributed by atoms with Gasteiger partial charge in [-0.2, -0.15) is 0 Å². The van der Waals surface area contributed by atoms with Gasteiger partial charge in [0.05, 0.1) is 0 Å². The molecule has 0 aliphatic carbocycles. The van der Waals surface area contributed by atoms with Crippen molar-refractivity contribution in [3.05, 3.63) is 66.0 Å². The molecule has 2 N–H and O–H groups in total. The zero-order valence-corrected chi connectivity index (χ0v) is 15.9. The maximum Gasteiger partial charge on any atom is 0.317 e. The average molecular weight is 384 g/mol. The molecule has 1 aliphatic rings. The summed E-state index contributed by atoms with van der Waals surface area (Å²) in [7, 11) is 0.